The van der Waals surface area contributed by atoms with Crippen molar-refractivity contribution >= 4 is 11.6 Å². The Kier molecular flexibility index (Phi) is 4.01. The summed E-state index contributed by atoms with van der Waals surface area (Å²) in [6.45, 7) is 0. The van der Waals surface area contributed by atoms with E-state index in [4.69, 9.17) is 11.6 Å². The number of imidazole rings is 1. The van der Waals surface area contributed by atoms with Crippen LogP contribution in [0.4, 0.5) is 0 Å². The molecule has 1 aliphatic rings. The molecule has 31 heavy (non-hydrogen) atoms. The highest BCUT2D eigenvalue weighted by atomic mass is 35.5. The number of hydrogen-bond donors (Lipinski definition) is 0. The molecule has 148 valence electrons. The molecule has 2 aromatic carbocycles. The average Bonchev–Trinajstić information content (AvgIpc) is 3.54. The van der Waals surface area contributed by atoms with Crippen LogP contribution in [0.2, 0.25) is 5.02 Å². The number of benzene rings is 2. The second-order valence-corrected chi connectivity index (χ2v) is 7.68. The summed E-state index contributed by atoms with van der Waals surface area (Å²) in [5.74, 6) is 6.50. The Morgan fingerprint density at radius 1 is 0.935 bits per heavy atom. The molecule has 0 amide bonds. The second-order valence-electron chi connectivity index (χ2n) is 7.24. The van der Waals surface area contributed by atoms with Crippen LogP contribution in [0.15, 0.2) is 79.5 Å². The van der Waals surface area contributed by atoms with Crippen LogP contribution in [0.25, 0.3) is 17.1 Å². The second kappa shape index (κ2) is 7.01. The van der Waals surface area contributed by atoms with Gasteiger partial charge in [0.2, 0.25) is 0 Å². The lowest BCUT2D eigenvalue weighted by Gasteiger charge is -2.09. The van der Waals surface area contributed by atoms with Crippen molar-refractivity contribution in [1.29, 1.82) is 0 Å². The van der Waals surface area contributed by atoms with Gasteiger partial charge in [-0.05, 0) is 60.5 Å². The lowest BCUT2D eigenvalue weighted by molar-refractivity contribution is 0.778. The largest absolute Gasteiger partial charge is 0.324 e. The first-order valence-electron chi connectivity index (χ1n) is 9.78. The fraction of sp³-hybridized carbons (Fsp3) is 0.0417. The maximum absolute atomic E-state index is 6.25. The quantitative estimate of drug-likeness (QED) is 0.373. The molecule has 3 aromatic heterocycles. The van der Waals surface area contributed by atoms with E-state index in [-0.39, 0.29) is 0 Å². The molecule has 0 aliphatic carbocycles. The predicted molar refractivity (Wildman–Crippen MR) is 118 cm³/mol. The van der Waals surface area contributed by atoms with Gasteiger partial charge >= 0.3 is 0 Å². The molecule has 0 fully saturated rings. The van der Waals surface area contributed by atoms with Crippen molar-refractivity contribution in [3.63, 3.8) is 0 Å². The van der Waals surface area contributed by atoms with Crippen LogP contribution in [-0.2, 0) is 6.42 Å². The van der Waals surface area contributed by atoms with Gasteiger partial charge in [-0.3, -0.25) is 4.57 Å². The van der Waals surface area contributed by atoms with Gasteiger partial charge in [0.15, 0.2) is 0 Å². The third kappa shape index (κ3) is 3.03. The minimum absolute atomic E-state index is 0.621. The van der Waals surface area contributed by atoms with Crippen molar-refractivity contribution in [2.75, 3.05) is 0 Å². The smallest absolute Gasteiger partial charge is 0.135 e. The van der Waals surface area contributed by atoms with Crippen molar-refractivity contribution in [3.05, 3.63) is 107 Å². The zero-order valence-corrected chi connectivity index (χ0v) is 17.0. The van der Waals surface area contributed by atoms with Crippen LogP contribution < -0.4 is 0 Å². The first-order valence-corrected chi connectivity index (χ1v) is 10.2. The van der Waals surface area contributed by atoms with Crippen LogP contribution in [0.3, 0.4) is 0 Å². The minimum Gasteiger partial charge on any atom is -0.324 e. The monoisotopic (exact) mass is 422 g/mol. The molecule has 6 rings (SSSR count). The molecule has 7 heteroatoms. The summed E-state index contributed by atoms with van der Waals surface area (Å²) in [4.78, 5) is 4.59. The fourth-order valence-electron chi connectivity index (χ4n) is 3.83. The Balaban J connectivity index is 1.40. The summed E-state index contributed by atoms with van der Waals surface area (Å²) in [5.41, 5.74) is 6.55. The molecule has 0 bridgehead atoms. The van der Waals surface area contributed by atoms with Gasteiger partial charge in [0.1, 0.15) is 12.0 Å². The molecule has 4 heterocycles. The fourth-order valence-corrected chi connectivity index (χ4v) is 4.00. The number of hydrogen-bond acceptors (Lipinski definition) is 3. The van der Waals surface area contributed by atoms with E-state index in [1.807, 2.05) is 59.5 Å². The van der Waals surface area contributed by atoms with Gasteiger partial charge < -0.3 is 4.57 Å². The third-order valence-electron chi connectivity index (χ3n) is 5.36. The van der Waals surface area contributed by atoms with E-state index in [1.165, 1.54) is 0 Å². The first-order chi connectivity index (χ1) is 15.3. The Morgan fingerprint density at radius 2 is 1.77 bits per heavy atom. The lowest BCUT2D eigenvalue weighted by Crippen LogP contribution is -2.03. The summed E-state index contributed by atoms with van der Waals surface area (Å²) in [7, 11) is 0. The van der Waals surface area contributed by atoms with Gasteiger partial charge in [-0.2, -0.15) is 0 Å². The Labute approximate surface area is 183 Å². The Bertz CT molecular complexity index is 1460. The van der Waals surface area contributed by atoms with E-state index >= 15 is 0 Å². The minimum atomic E-state index is 0.621. The molecule has 1 aliphatic heterocycles. The summed E-state index contributed by atoms with van der Waals surface area (Å²) >= 11 is 6.25. The average molecular weight is 423 g/mol. The van der Waals surface area contributed by atoms with Crippen LogP contribution in [0.5, 0.6) is 0 Å². The Morgan fingerprint density at radius 3 is 2.61 bits per heavy atom. The van der Waals surface area contributed by atoms with Crippen LogP contribution in [0, 0.1) is 11.8 Å². The number of nitrogens with zero attached hydrogens (tertiary/aromatic N) is 6. The number of halogens is 1. The zero-order valence-electron chi connectivity index (χ0n) is 16.3. The van der Waals surface area contributed by atoms with Crippen molar-refractivity contribution in [3.8, 4) is 28.9 Å². The molecular weight excluding hydrogens is 408 g/mol. The van der Waals surface area contributed by atoms with Gasteiger partial charge in [-0.25, -0.2) is 9.67 Å². The molecule has 0 N–H and O–H groups in total. The molecule has 0 atom stereocenters. The molecule has 0 unspecified atom stereocenters. The predicted octanol–water partition coefficient (Wildman–Crippen LogP) is 4.20. The lowest BCUT2D eigenvalue weighted by atomic mass is 10.1. The maximum Gasteiger partial charge on any atom is 0.135 e. The van der Waals surface area contributed by atoms with Crippen molar-refractivity contribution in [1.82, 2.24) is 29.1 Å². The Hall–Kier alpha value is -4.08. The number of aromatic nitrogens is 6. The van der Waals surface area contributed by atoms with E-state index in [9.17, 15) is 0 Å². The van der Waals surface area contributed by atoms with Crippen LogP contribution in [-0.4, -0.2) is 29.1 Å². The van der Waals surface area contributed by atoms with E-state index < -0.39 is 0 Å². The maximum atomic E-state index is 6.25. The highest BCUT2D eigenvalue weighted by molar-refractivity contribution is 6.30. The molecule has 0 saturated carbocycles. The van der Waals surface area contributed by atoms with Crippen molar-refractivity contribution < 1.29 is 0 Å². The normalized spacial score (nSPS) is 11.6. The topological polar surface area (TPSA) is 53.5 Å². The van der Waals surface area contributed by atoms with Crippen LogP contribution in [0.1, 0.15) is 22.6 Å². The van der Waals surface area contributed by atoms with E-state index in [0.29, 0.717) is 11.4 Å². The number of rotatable bonds is 1. The van der Waals surface area contributed by atoms with Crippen molar-refractivity contribution in [2.45, 2.75) is 6.42 Å². The highest BCUT2D eigenvalue weighted by Gasteiger charge is 2.22. The molecule has 0 spiro atoms. The molecular formula is C24H15ClN6. The van der Waals surface area contributed by atoms with E-state index in [2.05, 4.69) is 48.4 Å². The van der Waals surface area contributed by atoms with E-state index in [0.717, 1.165) is 39.7 Å². The summed E-state index contributed by atoms with van der Waals surface area (Å²) in [6, 6.07) is 17.9. The van der Waals surface area contributed by atoms with Crippen LogP contribution >= 0.6 is 11.6 Å². The van der Waals surface area contributed by atoms with Gasteiger partial charge in [0.05, 0.1) is 29.0 Å². The highest BCUT2D eigenvalue weighted by Crippen LogP contribution is 2.30. The summed E-state index contributed by atoms with van der Waals surface area (Å²) < 4.78 is 5.94. The zero-order chi connectivity index (χ0) is 20.8. The molecule has 0 radical (unpaired) electrons. The molecule has 6 nitrogen and oxygen atoms in total. The van der Waals surface area contributed by atoms with Gasteiger partial charge in [-0.1, -0.05) is 22.7 Å². The standard InChI is InChI=1S/C24H15ClN6/c25-18-6-10-22-24(13-18)31-20(15-27-28-31)14-23-21(26-16-30(22)23)9-5-17-3-7-19(8-4-17)29-11-1-2-12-29/h1-4,6-8,10-13,15-16H,14H2. The van der Waals surface area contributed by atoms with Crippen molar-refractivity contribution in [2.24, 2.45) is 0 Å². The van der Waals surface area contributed by atoms with Gasteiger partial charge in [0, 0.05) is 35.1 Å². The molecule has 5 aromatic rings. The summed E-state index contributed by atoms with van der Waals surface area (Å²) in [6.07, 6.45) is 8.23. The summed E-state index contributed by atoms with van der Waals surface area (Å²) in [5, 5.41) is 8.98. The first kappa shape index (κ1) is 17.8. The number of fused-ring (bicyclic) bond motifs is 5. The van der Waals surface area contributed by atoms with Gasteiger partial charge in [0.25, 0.3) is 0 Å². The SMILES string of the molecule is Clc1ccc2c(c1)-n1nncc1Cc1c(C#Cc3ccc(-n4cccc4)cc3)ncn1-2. The third-order valence-corrected chi connectivity index (χ3v) is 5.59. The van der Waals surface area contributed by atoms with Gasteiger partial charge in [-0.15, -0.1) is 5.10 Å². The molecule has 0 saturated heterocycles. The van der Waals surface area contributed by atoms with E-state index in [1.54, 1.807) is 12.5 Å².